The number of fused-ring (bicyclic) bond motifs is 1. The Hall–Kier alpha value is -2.66. The van der Waals surface area contributed by atoms with Gasteiger partial charge in [0.15, 0.2) is 0 Å². The number of nitrogens with zero attached hydrogens (tertiary/aromatic N) is 2. The first kappa shape index (κ1) is 17.2. The molecule has 5 nitrogen and oxygen atoms in total. The van der Waals surface area contributed by atoms with Gasteiger partial charge in [-0.3, -0.25) is 4.79 Å². The lowest BCUT2D eigenvalue weighted by Crippen LogP contribution is -2.31. The number of rotatable bonds is 8. The summed E-state index contributed by atoms with van der Waals surface area (Å²) >= 11 is 0. The fourth-order valence-electron chi connectivity index (χ4n) is 2.99. The second-order valence-electron chi connectivity index (χ2n) is 6.38. The molecule has 1 aromatic carbocycles. The molecule has 0 radical (unpaired) electrons. The second-order valence-corrected chi connectivity index (χ2v) is 6.38. The van der Waals surface area contributed by atoms with Crippen molar-refractivity contribution in [2.75, 3.05) is 0 Å². The normalized spacial score (nSPS) is 12.4. The Bertz CT molecular complexity index is 843. The molecule has 130 valence electrons. The maximum atomic E-state index is 11.0. The van der Waals surface area contributed by atoms with Gasteiger partial charge < -0.3 is 14.8 Å². The number of aryl methyl sites for hydroxylation is 1. The van der Waals surface area contributed by atoms with Crippen LogP contribution in [-0.2, 0) is 17.8 Å². The SMILES string of the molecule is Cc1ccn2c(CNC(CCC(=O)O)Cc3ccccc3)cnc2c1. The fraction of sp³-hybridized carbons (Fsp3) is 0.300. The minimum Gasteiger partial charge on any atom is -0.481 e. The van der Waals surface area contributed by atoms with Crippen LogP contribution in [-0.4, -0.2) is 26.5 Å². The number of nitrogens with one attached hydrogen (secondary N) is 1. The fourth-order valence-corrected chi connectivity index (χ4v) is 2.99. The third-order valence-corrected chi connectivity index (χ3v) is 4.35. The Balaban J connectivity index is 1.69. The van der Waals surface area contributed by atoms with Gasteiger partial charge in [0.05, 0.1) is 11.9 Å². The molecule has 0 bridgehead atoms. The van der Waals surface area contributed by atoms with Crippen LogP contribution in [0.15, 0.2) is 54.9 Å². The lowest BCUT2D eigenvalue weighted by atomic mass is 10.0. The predicted molar refractivity (Wildman–Crippen MR) is 97.6 cm³/mol. The molecule has 0 aliphatic carbocycles. The van der Waals surface area contributed by atoms with Gasteiger partial charge in [-0.1, -0.05) is 30.3 Å². The Labute approximate surface area is 147 Å². The largest absolute Gasteiger partial charge is 0.481 e. The van der Waals surface area contributed by atoms with E-state index in [0.717, 1.165) is 17.8 Å². The Morgan fingerprint density at radius 2 is 2.08 bits per heavy atom. The minimum atomic E-state index is -0.759. The summed E-state index contributed by atoms with van der Waals surface area (Å²) in [6.45, 7) is 2.70. The quantitative estimate of drug-likeness (QED) is 0.662. The van der Waals surface area contributed by atoms with Crippen LogP contribution < -0.4 is 5.32 Å². The van der Waals surface area contributed by atoms with E-state index in [-0.39, 0.29) is 12.5 Å². The molecule has 5 heteroatoms. The number of pyridine rings is 1. The number of hydrogen-bond acceptors (Lipinski definition) is 3. The van der Waals surface area contributed by atoms with E-state index in [1.165, 1.54) is 11.1 Å². The van der Waals surface area contributed by atoms with E-state index in [4.69, 9.17) is 5.11 Å². The number of carboxylic acid groups (broad SMARTS) is 1. The number of aromatic nitrogens is 2. The number of benzene rings is 1. The first-order valence-corrected chi connectivity index (χ1v) is 8.53. The van der Waals surface area contributed by atoms with Crippen molar-refractivity contribution in [1.82, 2.24) is 14.7 Å². The third-order valence-electron chi connectivity index (χ3n) is 4.35. The highest BCUT2D eigenvalue weighted by Crippen LogP contribution is 2.12. The molecule has 25 heavy (non-hydrogen) atoms. The third kappa shape index (κ3) is 4.67. The summed E-state index contributed by atoms with van der Waals surface area (Å²) in [6, 6.07) is 14.4. The highest BCUT2D eigenvalue weighted by Gasteiger charge is 2.13. The van der Waals surface area contributed by atoms with Crippen LogP contribution in [0.3, 0.4) is 0 Å². The first-order valence-electron chi connectivity index (χ1n) is 8.53. The summed E-state index contributed by atoms with van der Waals surface area (Å²) in [6.07, 6.45) is 5.47. The Morgan fingerprint density at radius 3 is 2.84 bits per heavy atom. The summed E-state index contributed by atoms with van der Waals surface area (Å²) in [5.41, 5.74) is 4.39. The second kappa shape index (κ2) is 7.94. The molecule has 2 aromatic heterocycles. The maximum Gasteiger partial charge on any atom is 0.303 e. The Kier molecular flexibility index (Phi) is 5.46. The predicted octanol–water partition coefficient (Wildman–Crippen LogP) is 3.21. The van der Waals surface area contributed by atoms with Crippen molar-refractivity contribution >= 4 is 11.6 Å². The van der Waals surface area contributed by atoms with Crippen molar-refractivity contribution in [2.24, 2.45) is 0 Å². The number of aliphatic carboxylic acids is 1. The lowest BCUT2D eigenvalue weighted by molar-refractivity contribution is -0.137. The Morgan fingerprint density at radius 1 is 1.28 bits per heavy atom. The van der Waals surface area contributed by atoms with Gasteiger partial charge in [0, 0.05) is 25.2 Å². The lowest BCUT2D eigenvalue weighted by Gasteiger charge is -2.18. The molecular weight excluding hydrogens is 314 g/mol. The van der Waals surface area contributed by atoms with E-state index < -0.39 is 5.97 Å². The van der Waals surface area contributed by atoms with Crippen molar-refractivity contribution in [3.05, 3.63) is 71.7 Å². The molecule has 2 N–H and O–H groups in total. The summed E-state index contributed by atoms with van der Waals surface area (Å²) in [5, 5.41) is 12.5. The molecule has 1 unspecified atom stereocenters. The molecule has 0 aliphatic rings. The van der Waals surface area contributed by atoms with E-state index in [9.17, 15) is 4.79 Å². The van der Waals surface area contributed by atoms with Crippen LogP contribution in [0.2, 0.25) is 0 Å². The van der Waals surface area contributed by atoms with Crippen LogP contribution in [0.4, 0.5) is 0 Å². The summed E-state index contributed by atoms with van der Waals surface area (Å²) in [4.78, 5) is 15.4. The molecular formula is C20H23N3O2. The smallest absolute Gasteiger partial charge is 0.303 e. The van der Waals surface area contributed by atoms with Crippen LogP contribution in [0.25, 0.3) is 5.65 Å². The highest BCUT2D eigenvalue weighted by molar-refractivity contribution is 5.66. The van der Waals surface area contributed by atoms with Gasteiger partial charge in [-0.15, -0.1) is 0 Å². The van der Waals surface area contributed by atoms with Crippen molar-refractivity contribution in [3.8, 4) is 0 Å². The van der Waals surface area contributed by atoms with Gasteiger partial charge in [0.1, 0.15) is 5.65 Å². The van der Waals surface area contributed by atoms with Gasteiger partial charge in [-0.2, -0.15) is 0 Å². The standard InChI is InChI=1S/C20H23N3O2/c1-15-9-10-23-18(14-22-19(23)11-15)13-21-17(7-8-20(24)25)12-16-5-3-2-4-6-16/h2-6,9-11,14,17,21H,7-8,12-13H2,1H3,(H,24,25). The molecule has 0 amide bonds. The molecule has 2 heterocycles. The molecule has 0 saturated heterocycles. The number of imidazole rings is 1. The number of carboxylic acids is 1. The number of carbonyl (C=O) groups is 1. The zero-order chi connectivity index (χ0) is 17.6. The van der Waals surface area contributed by atoms with Gasteiger partial charge in [-0.25, -0.2) is 4.98 Å². The molecule has 0 saturated carbocycles. The van der Waals surface area contributed by atoms with Crippen molar-refractivity contribution in [3.63, 3.8) is 0 Å². The van der Waals surface area contributed by atoms with E-state index in [2.05, 4.69) is 39.0 Å². The van der Waals surface area contributed by atoms with E-state index in [1.807, 2.05) is 37.5 Å². The maximum absolute atomic E-state index is 11.0. The average Bonchev–Trinajstić information content (AvgIpc) is 3.00. The van der Waals surface area contributed by atoms with Crippen LogP contribution in [0, 0.1) is 6.92 Å². The van der Waals surface area contributed by atoms with E-state index in [0.29, 0.717) is 13.0 Å². The van der Waals surface area contributed by atoms with E-state index in [1.54, 1.807) is 0 Å². The summed E-state index contributed by atoms with van der Waals surface area (Å²) in [7, 11) is 0. The molecule has 1 atom stereocenters. The topological polar surface area (TPSA) is 66.6 Å². The summed E-state index contributed by atoms with van der Waals surface area (Å²) in [5.74, 6) is -0.759. The zero-order valence-electron chi connectivity index (χ0n) is 14.4. The van der Waals surface area contributed by atoms with Crippen molar-refractivity contribution in [1.29, 1.82) is 0 Å². The summed E-state index contributed by atoms with van der Waals surface area (Å²) < 4.78 is 2.07. The highest BCUT2D eigenvalue weighted by atomic mass is 16.4. The van der Waals surface area contributed by atoms with Crippen LogP contribution >= 0.6 is 0 Å². The van der Waals surface area contributed by atoms with E-state index >= 15 is 0 Å². The van der Waals surface area contributed by atoms with Crippen LogP contribution in [0.5, 0.6) is 0 Å². The molecule has 0 spiro atoms. The van der Waals surface area contributed by atoms with Gasteiger partial charge >= 0.3 is 5.97 Å². The monoisotopic (exact) mass is 337 g/mol. The molecule has 3 aromatic rings. The number of hydrogen-bond donors (Lipinski definition) is 2. The average molecular weight is 337 g/mol. The minimum absolute atomic E-state index is 0.106. The molecule has 0 fully saturated rings. The zero-order valence-corrected chi connectivity index (χ0v) is 14.4. The molecule has 3 rings (SSSR count). The van der Waals surface area contributed by atoms with Crippen molar-refractivity contribution < 1.29 is 9.90 Å². The van der Waals surface area contributed by atoms with Gasteiger partial charge in [0.2, 0.25) is 0 Å². The first-order chi connectivity index (χ1) is 12.1. The van der Waals surface area contributed by atoms with Crippen molar-refractivity contribution in [2.45, 2.75) is 38.8 Å². The van der Waals surface area contributed by atoms with Gasteiger partial charge in [0.25, 0.3) is 0 Å². The van der Waals surface area contributed by atoms with Crippen LogP contribution in [0.1, 0.15) is 29.7 Å². The molecule has 0 aliphatic heterocycles. The van der Waals surface area contributed by atoms with Gasteiger partial charge in [-0.05, 0) is 43.0 Å².